The van der Waals surface area contributed by atoms with Crippen LogP contribution >= 0.6 is 0 Å². The van der Waals surface area contributed by atoms with Crippen molar-refractivity contribution in [1.29, 1.82) is 0 Å². The van der Waals surface area contributed by atoms with Gasteiger partial charge >= 0.3 is 0 Å². The van der Waals surface area contributed by atoms with Crippen LogP contribution in [-0.2, 0) is 6.42 Å². The van der Waals surface area contributed by atoms with E-state index in [9.17, 15) is 4.79 Å². The van der Waals surface area contributed by atoms with Crippen LogP contribution in [0.3, 0.4) is 0 Å². The quantitative estimate of drug-likeness (QED) is 0.707. The molecule has 29 heavy (non-hydrogen) atoms. The predicted molar refractivity (Wildman–Crippen MR) is 117 cm³/mol. The van der Waals surface area contributed by atoms with Crippen LogP contribution in [0.2, 0.25) is 0 Å². The number of benzene rings is 2. The van der Waals surface area contributed by atoms with E-state index in [4.69, 9.17) is 0 Å². The van der Waals surface area contributed by atoms with Gasteiger partial charge in [0.2, 0.25) is 0 Å². The fourth-order valence-electron chi connectivity index (χ4n) is 5.11. The van der Waals surface area contributed by atoms with Crippen molar-refractivity contribution in [2.45, 2.75) is 31.7 Å². The number of nitrogens with one attached hydrogen (secondary N) is 1. The molecular weight excluding hydrogens is 358 g/mol. The summed E-state index contributed by atoms with van der Waals surface area (Å²) in [6, 6.07) is 21.2. The fourth-order valence-corrected chi connectivity index (χ4v) is 5.11. The topological polar surface area (TPSA) is 39.3 Å². The number of hydrogen-bond acceptors (Lipinski definition) is 2. The third kappa shape index (κ3) is 3.95. The van der Waals surface area contributed by atoms with Crippen molar-refractivity contribution in [3.05, 3.63) is 71.9 Å². The van der Waals surface area contributed by atoms with Gasteiger partial charge in [-0.05, 0) is 55.8 Å². The number of piperidine rings is 1. The molecule has 4 nitrogen and oxygen atoms in total. The van der Waals surface area contributed by atoms with E-state index in [1.54, 1.807) is 0 Å². The molecule has 1 aromatic heterocycles. The molecule has 0 saturated carbocycles. The van der Waals surface area contributed by atoms with E-state index in [1.807, 2.05) is 24.3 Å². The summed E-state index contributed by atoms with van der Waals surface area (Å²) in [6.07, 6.45) is 4.69. The zero-order valence-electron chi connectivity index (χ0n) is 16.9. The SMILES string of the molecule is O=C(c1cc2ccccc2[nH]1)N1C[C@H]2CC[C@@H]1CN(CCCc1ccccc1)C2. The van der Waals surface area contributed by atoms with Crippen LogP contribution in [0.25, 0.3) is 10.9 Å². The summed E-state index contributed by atoms with van der Waals surface area (Å²) in [5.74, 6) is 0.765. The van der Waals surface area contributed by atoms with Crippen LogP contribution in [0.1, 0.15) is 35.3 Å². The Hall–Kier alpha value is -2.59. The van der Waals surface area contributed by atoms with Crippen LogP contribution in [0.5, 0.6) is 0 Å². The predicted octanol–water partition coefficient (Wildman–Crippen LogP) is 4.34. The van der Waals surface area contributed by atoms with Crippen LogP contribution in [0, 0.1) is 5.92 Å². The molecule has 4 heterocycles. The summed E-state index contributed by atoms with van der Waals surface area (Å²) < 4.78 is 0. The zero-order valence-corrected chi connectivity index (χ0v) is 16.9. The molecule has 3 saturated heterocycles. The van der Waals surface area contributed by atoms with Gasteiger partial charge in [-0.15, -0.1) is 0 Å². The van der Waals surface area contributed by atoms with Gasteiger partial charge in [0.1, 0.15) is 5.69 Å². The minimum Gasteiger partial charge on any atom is -0.351 e. The molecule has 3 fully saturated rings. The van der Waals surface area contributed by atoms with E-state index < -0.39 is 0 Å². The molecule has 1 N–H and O–H groups in total. The summed E-state index contributed by atoms with van der Waals surface area (Å²) in [5.41, 5.74) is 3.19. The maximum atomic E-state index is 13.3. The third-order valence-electron chi connectivity index (χ3n) is 6.59. The molecule has 3 aliphatic rings. The second kappa shape index (κ2) is 8.03. The highest BCUT2D eigenvalue weighted by molar-refractivity contribution is 5.98. The summed E-state index contributed by atoms with van der Waals surface area (Å²) >= 11 is 0. The standard InChI is InChI=1S/C25H29N3O/c29-25(24-15-21-10-4-5-11-23(21)26-24)28-17-20-12-13-22(28)18-27(16-20)14-6-9-19-7-2-1-3-8-19/h1-5,7-8,10-11,15,20,22,26H,6,9,12-14,16-18H2/t20-,22+/m0/s1. The molecule has 0 unspecified atom stereocenters. The molecule has 3 aromatic rings. The lowest BCUT2D eigenvalue weighted by Gasteiger charge is -2.36. The molecule has 6 rings (SSSR count). The number of carbonyl (C=O) groups excluding carboxylic acids is 1. The van der Waals surface area contributed by atoms with Gasteiger partial charge in [-0.25, -0.2) is 0 Å². The highest BCUT2D eigenvalue weighted by Gasteiger charge is 2.37. The maximum absolute atomic E-state index is 13.3. The Kier molecular flexibility index (Phi) is 5.11. The van der Waals surface area contributed by atoms with Crippen LogP contribution in [0.4, 0.5) is 0 Å². The van der Waals surface area contributed by atoms with Crippen molar-refractivity contribution >= 4 is 16.8 Å². The van der Waals surface area contributed by atoms with Gasteiger partial charge in [0.25, 0.3) is 5.91 Å². The maximum Gasteiger partial charge on any atom is 0.270 e. The van der Waals surface area contributed by atoms with E-state index in [2.05, 4.69) is 51.2 Å². The number of rotatable bonds is 5. The van der Waals surface area contributed by atoms with Crippen LogP contribution < -0.4 is 0 Å². The van der Waals surface area contributed by atoms with E-state index in [-0.39, 0.29) is 5.91 Å². The average Bonchev–Trinajstić information content (AvgIpc) is 2.99. The molecule has 0 spiro atoms. The second-order valence-corrected chi connectivity index (χ2v) is 8.67. The number of H-pyrrole nitrogens is 1. The molecule has 1 amide bonds. The number of nitrogens with zero attached hydrogens (tertiary/aromatic N) is 2. The Balaban J connectivity index is 1.24. The molecule has 2 bridgehead atoms. The molecule has 2 aromatic carbocycles. The molecule has 150 valence electrons. The third-order valence-corrected chi connectivity index (χ3v) is 6.59. The van der Waals surface area contributed by atoms with E-state index in [1.165, 1.54) is 18.4 Å². The van der Waals surface area contributed by atoms with Crippen LogP contribution in [-0.4, -0.2) is 52.9 Å². The summed E-state index contributed by atoms with van der Waals surface area (Å²) in [7, 11) is 0. The van der Waals surface area contributed by atoms with Gasteiger partial charge in [-0.3, -0.25) is 4.79 Å². The van der Waals surface area contributed by atoms with Gasteiger partial charge in [0, 0.05) is 36.6 Å². The van der Waals surface area contributed by atoms with Crippen molar-refractivity contribution in [3.8, 4) is 0 Å². The van der Waals surface area contributed by atoms with Gasteiger partial charge in [0.05, 0.1) is 0 Å². The smallest absolute Gasteiger partial charge is 0.270 e. The number of aryl methyl sites for hydroxylation is 1. The number of amides is 1. The van der Waals surface area contributed by atoms with E-state index in [0.29, 0.717) is 12.0 Å². The lowest BCUT2D eigenvalue weighted by molar-refractivity contribution is 0.0580. The molecule has 0 aliphatic carbocycles. The van der Waals surface area contributed by atoms with Gasteiger partial charge in [-0.1, -0.05) is 48.5 Å². The molecular formula is C25H29N3O. The Morgan fingerprint density at radius 1 is 0.966 bits per heavy atom. The monoisotopic (exact) mass is 387 g/mol. The first-order valence-electron chi connectivity index (χ1n) is 10.9. The Bertz CT molecular complexity index is 947. The lowest BCUT2D eigenvalue weighted by Crippen LogP contribution is -2.47. The highest BCUT2D eigenvalue weighted by Crippen LogP contribution is 2.30. The Morgan fingerprint density at radius 2 is 1.79 bits per heavy atom. The normalized spacial score (nSPS) is 22.1. The van der Waals surface area contributed by atoms with E-state index in [0.717, 1.165) is 55.6 Å². The number of carbonyl (C=O) groups is 1. The van der Waals surface area contributed by atoms with Crippen molar-refractivity contribution in [2.75, 3.05) is 26.2 Å². The first-order valence-corrected chi connectivity index (χ1v) is 10.9. The minimum absolute atomic E-state index is 0.169. The first-order chi connectivity index (χ1) is 14.3. The summed E-state index contributed by atoms with van der Waals surface area (Å²) in [5, 5.41) is 1.11. The molecule has 4 heteroatoms. The fraction of sp³-hybridized carbons (Fsp3) is 0.400. The number of fused-ring (bicyclic) bond motifs is 5. The Morgan fingerprint density at radius 3 is 2.66 bits per heavy atom. The van der Waals surface area contributed by atoms with Crippen molar-refractivity contribution < 1.29 is 4.79 Å². The summed E-state index contributed by atoms with van der Waals surface area (Å²) in [4.78, 5) is 21.4. The van der Waals surface area contributed by atoms with Crippen molar-refractivity contribution in [1.82, 2.24) is 14.8 Å². The number of hydrogen-bond donors (Lipinski definition) is 1. The molecule has 0 radical (unpaired) electrons. The van der Waals surface area contributed by atoms with Crippen molar-refractivity contribution in [2.24, 2.45) is 5.92 Å². The highest BCUT2D eigenvalue weighted by atomic mass is 16.2. The minimum atomic E-state index is 0.169. The molecule has 3 aliphatic heterocycles. The van der Waals surface area contributed by atoms with Gasteiger partial charge < -0.3 is 14.8 Å². The Labute approximate surface area is 172 Å². The van der Waals surface area contributed by atoms with Gasteiger partial charge in [-0.2, -0.15) is 0 Å². The first kappa shape index (κ1) is 18.4. The number of para-hydroxylation sites is 1. The van der Waals surface area contributed by atoms with Crippen LogP contribution in [0.15, 0.2) is 60.7 Å². The van der Waals surface area contributed by atoms with E-state index >= 15 is 0 Å². The lowest BCUT2D eigenvalue weighted by atomic mass is 9.94. The number of aromatic amines is 1. The summed E-state index contributed by atoms with van der Waals surface area (Å²) in [6.45, 7) is 4.16. The molecule has 2 atom stereocenters. The number of aromatic nitrogens is 1. The zero-order chi connectivity index (χ0) is 19.6. The van der Waals surface area contributed by atoms with Gasteiger partial charge in [0.15, 0.2) is 0 Å². The van der Waals surface area contributed by atoms with Crippen molar-refractivity contribution in [3.63, 3.8) is 0 Å². The average molecular weight is 388 g/mol. The second-order valence-electron chi connectivity index (χ2n) is 8.67. The largest absolute Gasteiger partial charge is 0.351 e.